The lowest BCUT2D eigenvalue weighted by Crippen LogP contribution is -2.09. The summed E-state index contributed by atoms with van der Waals surface area (Å²) < 4.78 is 6.42. The molecule has 92 valence electrons. The molecule has 0 radical (unpaired) electrons. The van der Waals surface area contributed by atoms with Crippen LogP contribution in [0.4, 0.5) is 0 Å². The second kappa shape index (κ2) is 4.53. The van der Waals surface area contributed by atoms with Crippen molar-refractivity contribution in [3.05, 3.63) is 40.3 Å². The zero-order chi connectivity index (χ0) is 12.5. The van der Waals surface area contributed by atoms with Gasteiger partial charge in [0, 0.05) is 5.56 Å². The molecule has 3 rings (SSSR count). The molecule has 1 aromatic heterocycles. The van der Waals surface area contributed by atoms with Crippen molar-refractivity contribution in [2.45, 2.75) is 19.8 Å². The van der Waals surface area contributed by atoms with Crippen LogP contribution >= 0.6 is 12.2 Å². The predicted octanol–water partition coefficient (Wildman–Crippen LogP) is 3.44. The van der Waals surface area contributed by atoms with Gasteiger partial charge in [-0.05, 0) is 37.5 Å². The van der Waals surface area contributed by atoms with Crippen LogP contribution in [0.1, 0.15) is 17.8 Å². The molecule has 1 N–H and O–H groups in total. The number of H-pyrrole nitrogens is 1. The summed E-state index contributed by atoms with van der Waals surface area (Å²) >= 11 is 5.17. The lowest BCUT2D eigenvalue weighted by atomic mass is 10.0. The Kier molecular flexibility index (Phi) is 2.88. The van der Waals surface area contributed by atoms with Crippen molar-refractivity contribution < 1.29 is 4.74 Å². The van der Waals surface area contributed by atoms with Crippen LogP contribution < -0.4 is 4.74 Å². The Morgan fingerprint density at radius 3 is 3.11 bits per heavy atom. The molecule has 3 nitrogen and oxygen atoms in total. The highest BCUT2D eigenvalue weighted by atomic mass is 32.1. The first-order valence-corrected chi connectivity index (χ1v) is 6.48. The van der Waals surface area contributed by atoms with Gasteiger partial charge in [0.15, 0.2) is 0 Å². The summed E-state index contributed by atoms with van der Waals surface area (Å²) in [6, 6.07) is 8.14. The van der Waals surface area contributed by atoms with E-state index in [9.17, 15) is 0 Å². The Balaban J connectivity index is 2.19. The summed E-state index contributed by atoms with van der Waals surface area (Å²) in [6.45, 7) is 2.70. The minimum Gasteiger partial charge on any atom is -0.493 e. The molecule has 0 saturated heterocycles. The number of hydrogen-bond donors (Lipinski definition) is 1. The zero-order valence-corrected chi connectivity index (χ0v) is 11.0. The van der Waals surface area contributed by atoms with Crippen LogP contribution in [0.2, 0.25) is 0 Å². The molecule has 4 heteroatoms. The first-order chi connectivity index (χ1) is 8.74. The number of aryl methyl sites for hydroxylation is 2. The van der Waals surface area contributed by atoms with E-state index in [1.54, 1.807) is 0 Å². The van der Waals surface area contributed by atoms with Crippen LogP contribution in [0, 0.1) is 11.6 Å². The third kappa shape index (κ3) is 2.04. The molecule has 0 atom stereocenters. The van der Waals surface area contributed by atoms with Crippen LogP contribution in [0.3, 0.4) is 0 Å². The van der Waals surface area contributed by atoms with Gasteiger partial charge in [-0.15, -0.1) is 0 Å². The van der Waals surface area contributed by atoms with Crippen molar-refractivity contribution in [2.24, 2.45) is 0 Å². The van der Waals surface area contributed by atoms with Gasteiger partial charge in [-0.3, -0.25) is 0 Å². The molecule has 1 aliphatic rings. The molecule has 2 heterocycles. The summed E-state index contributed by atoms with van der Waals surface area (Å²) in [6.07, 6.45) is 2.16. The molecule has 1 aromatic carbocycles. The Hall–Kier alpha value is -1.68. The zero-order valence-electron chi connectivity index (χ0n) is 10.2. The number of aromatic nitrogens is 2. The fourth-order valence-corrected chi connectivity index (χ4v) is 2.58. The fraction of sp³-hybridized carbons (Fsp3) is 0.286. The van der Waals surface area contributed by atoms with Crippen molar-refractivity contribution >= 4 is 12.2 Å². The van der Waals surface area contributed by atoms with E-state index in [1.807, 2.05) is 13.0 Å². The van der Waals surface area contributed by atoms with E-state index in [2.05, 4.69) is 28.2 Å². The molecule has 0 saturated carbocycles. The van der Waals surface area contributed by atoms with E-state index in [-0.39, 0.29) is 0 Å². The minimum absolute atomic E-state index is 0.606. The quantitative estimate of drug-likeness (QED) is 0.796. The molecule has 2 aromatic rings. The highest BCUT2D eigenvalue weighted by molar-refractivity contribution is 7.71. The Morgan fingerprint density at radius 1 is 1.39 bits per heavy atom. The molecule has 0 amide bonds. The van der Waals surface area contributed by atoms with Crippen molar-refractivity contribution in [1.82, 2.24) is 9.97 Å². The predicted molar refractivity (Wildman–Crippen MR) is 73.4 cm³/mol. The third-order valence-corrected chi connectivity index (χ3v) is 3.29. The SMILES string of the molecule is Cc1nc(=S)cc(-c2cccc3c2OCCC3)[nH]1. The minimum atomic E-state index is 0.606. The van der Waals surface area contributed by atoms with Crippen molar-refractivity contribution in [3.8, 4) is 17.0 Å². The van der Waals surface area contributed by atoms with Crippen LogP contribution in [0.15, 0.2) is 24.3 Å². The average Bonchev–Trinajstić information content (AvgIpc) is 2.37. The summed E-state index contributed by atoms with van der Waals surface area (Å²) in [7, 11) is 0. The third-order valence-electron chi connectivity index (χ3n) is 3.08. The number of hydrogen-bond acceptors (Lipinski definition) is 3. The number of fused-ring (bicyclic) bond motifs is 1. The number of nitrogens with one attached hydrogen (secondary N) is 1. The monoisotopic (exact) mass is 258 g/mol. The molecule has 18 heavy (non-hydrogen) atoms. The van der Waals surface area contributed by atoms with E-state index in [4.69, 9.17) is 17.0 Å². The number of rotatable bonds is 1. The summed E-state index contributed by atoms with van der Waals surface area (Å²) in [4.78, 5) is 7.45. The summed E-state index contributed by atoms with van der Waals surface area (Å²) in [5.74, 6) is 1.81. The van der Waals surface area contributed by atoms with Crippen molar-refractivity contribution in [3.63, 3.8) is 0 Å². The van der Waals surface area contributed by atoms with Gasteiger partial charge in [-0.1, -0.05) is 24.4 Å². The fourth-order valence-electron chi connectivity index (χ4n) is 2.33. The van der Waals surface area contributed by atoms with E-state index < -0.39 is 0 Å². The Labute approximate surface area is 111 Å². The second-order valence-corrected chi connectivity index (χ2v) is 4.88. The maximum Gasteiger partial charge on any atom is 0.131 e. The van der Waals surface area contributed by atoms with E-state index >= 15 is 0 Å². The maximum absolute atomic E-state index is 5.81. The highest BCUT2D eigenvalue weighted by Crippen LogP contribution is 2.35. The number of para-hydroxylation sites is 1. The molecule has 0 unspecified atom stereocenters. The standard InChI is InChI=1S/C14H14N2OS/c1-9-15-12(8-13(18)16-9)11-6-2-4-10-5-3-7-17-14(10)11/h2,4,6,8H,3,5,7H2,1H3,(H,15,16,18). The molecular formula is C14H14N2OS. The first kappa shape index (κ1) is 11.4. The maximum atomic E-state index is 5.81. The number of benzene rings is 1. The normalized spacial score (nSPS) is 13.8. The lowest BCUT2D eigenvalue weighted by Gasteiger charge is -2.20. The molecular weight excluding hydrogens is 244 g/mol. The van der Waals surface area contributed by atoms with Gasteiger partial charge in [0.1, 0.15) is 16.2 Å². The molecule has 0 aliphatic carbocycles. The number of ether oxygens (including phenoxy) is 1. The Bertz CT molecular complexity index is 648. The molecule has 0 bridgehead atoms. The lowest BCUT2D eigenvalue weighted by molar-refractivity contribution is 0.289. The summed E-state index contributed by atoms with van der Waals surface area (Å²) in [5.41, 5.74) is 3.32. The van der Waals surface area contributed by atoms with Crippen LogP contribution in [0.5, 0.6) is 5.75 Å². The van der Waals surface area contributed by atoms with Gasteiger partial charge in [0.2, 0.25) is 0 Å². The van der Waals surface area contributed by atoms with Crippen LogP contribution in [0.25, 0.3) is 11.3 Å². The van der Waals surface area contributed by atoms with Gasteiger partial charge in [0.25, 0.3) is 0 Å². The first-order valence-electron chi connectivity index (χ1n) is 6.07. The van der Waals surface area contributed by atoms with Crippen LogP contribution in [-0.4, -0.2) is 16.6 Å². The number of aromatic amines is 1. The van der Waals surface area contributed by atoms with Crippen molar-refractivity contribution in [1.29, 1.82) is 0 Å². The van der Waals surface area contributed by atoms with Gasteiger partial charge in [0.05, 0.1) is 12.3 Å². The van der Waals surface area contributed by atoms with Gasteiger partial charge in [-0.2, -0.15) is 0 Å². The van der Waals surface area contributed by atoms with E-state index in [0.717, 1.165) is 42.3 Å². The topological polar surface area (TPSA) is 37.9 Å². The summed E-state index contributed by atoms with van der Waals surface area (Å²) in [5, 5.41) is 0. The Morgan fingerprint density at radius 2 is 2.28 bits per heavy atom. The largest absolute Gasteiger partial charge is 0.493 e. The molecule has 0 spiro atoms. The van der Waals surface area contributed by atoms with E-state index in [0.29, 0.717) is 4.64 Å². The highest BCUT2D eigenvalue weighted by Gasteiger charge is 2.15. The second-order valence-electron chi connectivity index (χ2n) is 4.46. The molecule has 0 fully saturated rings. The van der Waals surface area contributed by atoms with Gasteiger partial charge < -0.3 is 9.72 Å². The van der Waals surface area contributed by atoms with Gasteiger partial charge >= 0.3 is 0 Å². The molecule has 1 aliphatic heterocycles. The van der Waals surface area contributed by atoms with E-state index in [1.165, 1.54) is 5.56 Å². The van der Waals surface area contributed by atoms with Crippen LogP contribution in [-0.2, 0) is 6.42 Å². The smallest absolute Gasteiger partial charge is 0.131 e. The number of nitrogens with zero attached hydrogens (tertiary/aromatic N) is 1. The average molecular weight is 258 g/mol. The van der Waals surface area contributed by atoms with Gasteiger partial charge in [-0.25, -0.2) is 4.98 Å². The van der Waals surface area contributed by atoms with Crippen molar-refractivity contribution in [2.75, 3.05) is 6.61 Å².